The first-order valence-electron chi connectivity index (χ1n) is 6.88. The van der Waals surface area contributed by atoms with Gasteiger partial charge in [-0.1, -0.05) is 6.07 Å². The Morgan fingerprint density at radius 1 is 1.50 bits per heavy atom. The number of methoxy groups -OCH3 is 1. The molecule has 1 saturated heterocycles. The van der Waals surface area contributed by atoms with E-state index in [1.807, 2.05) is 17.8 Å². The lowest BCUT2D eigenvalue weighted by Crippen LogP contribution is -2.46. The summed E-state index contributed by atoms with van der Waals surface area (Å²) in [7, 11) is 1.48. The Bertz CT molecular complexity index is 467. The van der Waals surface area contributed by atoms with Crippen molar-refractivity contribution in [1.29, 1.82) is 0 Å². The molecule has 1 unspecified atom stereocenters. The first-order valence-corrected chi connectivity index (χ1v) is 7.87. The Balaban J connectivity index is 2.21. The van der Waals surface area contributed by atoms with Crippen LogP contribution in [-0.2, 0) is 0 Å². The van der Waals surface area contributed by atoms with Crippen LogP contribution in [0.5, 0.6) is 5.75 Å². The van der Waals surface area contributed by atoms with Crippen LogP contribution in [0.4, 0.5) is 4.39 Å². The van der Waals surface area contributed by atoms with Gasteiger partial charge in [0.1, 0.15) is 0 Å². The number of halogens is 1. The van der Waals surface area contributed by atoms with E-state index in [1.54, 1.807) is 12.1 Å². The summed E-state index contributed by atoms with van der Waals surface area (Å²) in [5.74, 6) is 1.04. The summed E-state index contributed by atoms with van der Waals surface area (Å²) < 4.78 is 19.1. The summed E-state index contributed by atoms with van der Waals surface area (Å²) in [4.78, 5) is 2.36. The monoisotopic (exact) mass is 298 g/mol. The van der Waals surface area contributed by atoms with Crippen molar-refractivity contribution in [1.82, 2.24) is 4.90 Å². The number of thioether (sulfide) groups is 1. The van der Waals surface area contributed by atoms with E-state index in [1.165, 1.54) is 7.11 Å². The SMILES string of the molecule is COc1ccc(C(CN)N2CCSC(C)(C)C2)cc1F. The summed E-state index contributed by atoms with van der Waals surface area (Å²) in [5.41, 5.74) is 6.87. The molecule has 1 aliphatic heterocycles. The van der Waals surface area contributed by atoms with E-state index in [2.05, 4.69) is 18.7 Å². The van der Waals surface area contributed by atoms with Gasteiger partial charge in [-0.05, 0) is 31.5 Å². The molecular weight excluding hydrogens is 275 g/mol. The van der Waals surface area contributed by atoms with Gasteiger partial charge in [0, 0.05) is 36.2 Å². The van der Waals surface area contributed by atoms with Crippen molar-refractivity contribution in [2.45, 2.75) is 24.6 Å². The van der Waals surface area contributed by atoms with E-state index in [4.69, 9.17) is 10.5 Å². The zero-order chi connectivity index (χ0) is 14.8. The van der Waals surface area contributed by atoms with E-state index in [9.17, 15) is 4.39 Å². The van der Waals surface area contributed by atoms with Gasteiger partial charge in [0.05, 0.1) is 7.11 Å². The lowest BCUT2D eigenvalue weighted by atomic mass is 10.0. The van der Waals surface area contributed by atoms with Gasteiger partial charge in [0.15, 0.2) is 11.6 Å². The predicted octanol–water partition coefficient (Wildman–Crippen LogP) is 2.66. The van der Waals surface area contributed by atoms with Gasteiger partial charge in [-0.15, -0.1) is 0 Å². The van der Waals surface area contributed by atoms with Crippen molar-refractivity contribution in [3.05, 3.63) is 29.6 Å². The summed E-state index contributed by atoms with van der Waals surface area (Å²) in [5, 5.41) is 0. The number of nitrogens with two attached hydrogens (primary N) is 1. The van der Waals surface area contributed by atoms with E-state index in [-0.39, 0.29) is 22.4 Å². The number of nitrogens with zero attached hydrogens (tertiary/aromatic N) is 1. The van der Waals surface area contributed by atoms with Gasteiger partial charge in [0.2, 0.25) is 0 Å². The highest BCUT2D eigenvalue weighted by Crippen LogP contribution is 2.34. The van der Waals surface area contributed by atoms with Crippen LogP contribution in [0.2, 0.25) is 0 Å². The second kappa shape index (κ2) is 6.33. The van der Waals surface area contributed by atoms with Crippen molar-refractivity contribution < 1.29 is 9.13 Å². The molecule has 3 nitrogen and oxygen atoms in total. The second-order valence-corrected chi connectivity index (χ2v) is 7.53. The standard InChI is InChI=1S/C15H23FN2OS/c1-15(2)10-18(6-7-20-15)13(9-17)11-4-5-14(19-3)12(16)8-11/h4-5,8,13H,6-7,9-10,17H2,1-3H3. The van der Waals surface area contributed by atoms with Crippen LogP contribution in [-0.4, -0.2) is 42.1 Å². The highest BCUT2D eigenvalue weighted by atomic mass is 32.2. The fourth-order valence-corrected chi connectivity index (χ4v) is 3.84. The molecule has 2 N–H and O–H groups in total. The van der Waals surface area contributed by atoms with Crippen LogP contribution in [0, 0.1) is 5.82 Å². The second-order valence-electron chi connectivity index (χ2n) is 5.72. The molecular formula is C15H23FN2OS. The maximum Gasteiger partial charge on any atom is 0.165 e. The Kier molecular flexibility index (Phi) is 4.94. The third-order valence-corrected chi connectivity index (χ3v) is 4.98. The summed E-state index contributed by atoms with van der Waals surface area (Å²) in [6.07, 6.45) is 0. The molecule has 0 spiro atoms. The van der Waals surface area contributed by atoms with Gasteiger partial charge in [-0.2, -0.15) is 11.8 Å². The minimum atomic E-state index is -0.325. The average Bonchev–Trinajstić information content (AvgIpc) is 2.39. The maximum absolute atomic E-state index is 13.9. The molecule has 0 amide bonds. The zero-order valence-electron chi connectivity index (χ0n) is 12.4. The molecule has 1 atom stereocenters. The van der Waals surface area contributed by atoms with Gasteiger partial charge in [0.25, 0.3) is 0 Å². The Hall–Kier alpha value is -0.780. The van der Waals surface area contributed by atoms with Gasteiger partial charge < -0.3 is 10.5 Å². The van der Waals surface area contributed by atoms with Crippen LogP contribution >= 0.6 is 11.8 Å². The third-order valence-electron chi connectivity index (χ3n) is 3.68. The highest BCUT2D eigenvalue weighted by Gasteiger charge is 2.31. The first-order chi connectivity index (χ1) is 9.46. The Labute approximate surface area is 124 Å². The first kappa shape index (κ1) is 15.6. The largest absolute Gasteiger partial charge is 0.494 e. The van der Waals surface area contributed by atoms with Gasteiger partial charge >= 0.3 is 0 Å². The summed E-state index contributed by atoms with van der Waals surface area (Å²) >= 11 is 1.98. The third kappa shape index (κ3) is 3.45. The number of hydrogen-bond acceptors (Lipinski definition) is 4. The molecule has 112 valence electrons. The fraction of sp³-hybridized carbons (Fsp3) is 0.600. The predicted molar refractivity (Wildman–Crippen MR) is 82.9 cm³/mol. The molecule has 1 aromatic carbocycles. The van der Waals surface area contributed by atoms with Crippen LogP contribution < -0.4 is 10.5 Å². The minimum absolute atomic E-state index is 0.0654. The van der Waals surface area contributed by atoms with Crippen molar-refractivity contribution in [3.8, 4) is 5.75 Å². The highest BCUT2D eigenvalue weighted by molar-refractivity contribution is 8.00. The normalized spacial score (nSPS) is 20.6. The lowest BCUT2D eigenvalue weighted by molar-refractivity contribution is 0.192. The van der Waals surface area contributed by atoms with Crippen LogP contribution in [0.1, 0.15) is 25.5 Å². The van der Waals surface area contributed by atoms with Crippen LogP contribution in [0.25, 0.3) is 0 Å². The fourth-order valence-electron chi connectivity index (χ4n) is 2.70. The number of benzene rings is 1. The van der Waals surface area contributed by atoms with E-state index >= 15 is 0 Å². The lowest BCUT2D eigenvalue weighted by Gasteiger charge is -2.41. The van der Waals surface area contributed by atoms with E-state index in [0.717, 1.165) is 24.4 Å². The van der Waals surface area contributed by atoms with Gasteiger partial charge in [-0.3, -0.25) is 4.90 Å². The average molecular weight is 298 g/mol. The minimum Gasteiger partial charge on any atom is -0.494 e. The molecule has 1 heterocycles. The molecule has 2 rings (SSSR count). The van der Waals surface area contributed by atoms with Crippen molar-refractivity contribution in [3.63, 3.8) is 0 Å². The van der Waals surface area contributed by atoms with Crippen LogP contribution in [0.3, 0.4) is 0 Å². The smallest absolute Gasteiger partial charge is 0.165 e. The van der Waals surface area contributed by atoms with E-state index < -0.39 is 0 Å². The quantitative estimate of drug-likeness (QED) is 0.927. The molecule has 0 aliphatic carbocycles. The van der Waals surface area contributed by atoms with Crippen LogP contribution in [0.15, 0.2) is 18.2 Å². The van der Waals surface area contributed by atoms with Gasteiger partial charge in [-0.25, -0.2) is 4.39 Å². The topological polar surface area (TPSA) is 38.5 Å². The Morgan fingerprint density at radius 3 is 2.80 bits per heavy atom. The van der Waals surface area contributed by atoms with Crippen molar-refractivity contribution in [2.24, 2.45) is 5.73 Å². The molecule has 0 bridgehead atoms. The summed E-state index contributed by atoms with van der Waals surface area (Å²) in [6.45, 7) is 6.93. The maximum atomic E-state index is 13.9. The van der Waals surface area contributed by atoms with E-state index in [0.29, 0.717) is 6.54 Å². The number of ether oxygens (including phenoxy) is 1. The molecule has 1 aromatic rings. The Morgan fingerprint density at radius 2 is 2.25 bits per heavy atom. The number of rotatable bonds is 4. The molecule has 0 aromatic heterocycles. The zero-order valence-corrected chi connectivity index (χ0v) is 13.2. The van der Waals surface area contributed by atoms with Crippen molar-refractivity contribution >= 4 is 11.8 Å². The molecule has 1 fully saturated rings. The van der Waals surface area contributed by atoms with Crippen molar-refractivity contribution in [2.75, 3.05) is 32.5 Å². The molecule has 0 radical (unpaired) electrons. The molecule has 5 heteroatoms. The molecule has 1 aliphatic rings. The summed E-state index contributed by atoms with van der Waals surface area (Å²) in [6, 6.07) is 5.20. The molecule has 20 heavy (non-hydrogen) atoms. The molecule has 0 saturated carbocycles. The number of hydrogen-bond donors (Lipinski definition) is 1.